The molecule has 5 nitrogen and oxygen atoms in total. The van der Waals surface area contributed by atoms with E-state index >= 15 is 0 Å². The first-order valence-corrected chi connectivity index (χ1v) is 9.73. The van der Waals surface area contributed by atoms with Crippen LogP contribution in [0, 0.1) is 6.92 Å². The number of aromatic nitrogens is 2. The van der Waals surface area contributed by atoms with Crippen molar-refractivity contribution in [1.82, 2.24) is 10.2 Å². The number of methoxy groups -OCH3 is 1. The predicted molar refractivity (Wildman–Crippen MR) is 100 cm³/mol. The average molecular weight is 378 g/mol. The zero-order valence-electron chi connectivity index (χ0n) is 13.1. The van der Waals surface area contributed by atoms with Crippen molar-refractivity contribution in [2.45, 2.75) is 11.3 Å². The molecule has 1 aromatic carbocycles. The van der Waals surface area contributed by atoms with Gasteiger partial charge in [0.15, 0.2) is 10.1 Å². The van der Waals surface area contributed by atoms with Gasteiger partial charge < -0.3 is 10.1 Å². The quantitative estimate of drug-likeness (QED) is 0.478. The smallest absolute Gasteiger partial charge is 0.210 e. The molecule has 0 spiro atoms. The summed E-state index contributed by atoms with van der Waals surface area (Å²) >= 11 is 4.36. The Bertz CT molecular complexity index is 827. The summed E-state index contributed by atoms with van der Waals surface area (Å²) in [6.45, 7) is 2.00. The van der Waals surface area contributed by atoms with E-state index in [2.05, 4.69) is 15.5 Å². The maximum absolute atomic E-state index is 12.1. The molecule has 0 aliphatic carbocycles. The molecule has 1 N–H and O–H groups in total. The number of Topliss-reactive ketones (excluding diaryl/α,β-unsaturated/α-hetero) is 1. The topological polar surface area (TPSA) is 64.1 Å². The number of thiophene rings is 1. The first kappa shape index (κ1) is 16.9. The van der Waals surface area contributed by atoms with Crippen LogP contribution in [0.15, 0.2) is 40.7 Å². The van der Waals surface area contributed by atoms with Crippen LogP contribution in [0.5, 0.6) is 5.75 Å². The van der Waals surface area contributed by atoms with Gasteiger partial charge in [-0.1, -0.05) is 23.1 Å². The van der Waals surface area contributed by atoms with E-state index in [-0.39, 0.29) is 5.78 Å². The third-order valence-electron chi connectivity index (χ3n) is 3.09. The van der Waals surface area contributed by atoms with Gasteiger partial charge in [0.05, 0.1) is 17.7 Å². The number of hydrogen-bond donors (Lipinski definition) is 1. The number of carbonyl (C=O) groups is 1. The van der Waals surface area contributed by atoms with E-state index in [1.165, 1.54) is 34.4 Å². The molecule has 2 heterocycles. The van der Waals surface area contributed by atoms with Crippen molar-refractivity contribution in [3.05, 3.63) is 46.2 Å². The lowest BCUT2D eigenvalue weighted by atomic mass is 10.3. The lowest BCUT2D eigenvalue weighted by Crippen LogP contribution is -1.98. The van der Waals surface area contributed by atoms with Gasteiger partial charge in [0, 0.05) is 10.6 Å². The van der Waals surface area contributed by atoms with Crippen LogP contribution in [0.2, 0.25) is 0 Å². The fourth-order valence-corrected chi connectivity index (χ4v) is 4.45. The number of rotatable bonds is 7. The number of hydrogen-bond acceptors (Lipinski definition) is 8. The fraction of sp³-hybridized carbons (Fsp3) is 0.188. The Morgan fingerprint density at radius 1 is 1.17 bits per heavy atom. The van der Waals surface area contributed by atoms with Crippen molar-refractivity contribution in [3.63, 3.8) is 0 Å². The van der Waals surface area contributed by atoms with Gasteiger partial charge in [-0.05, 0) is 43.3 Å². The van der Waals surface area contributed by atoms with Crippen LogP contribution in [0.25, 0.3) is 0 Å². The highest BCUT2D eigenvalue weighted by Crippen LogP contribution is 2.29. The maximum Gasteiger partial charge on any atom is 0.210 e. The van der Waals surface area contributed by atoms with Crippen LogP contribution in [0.1, 0.15) is 14.5 Å². The Morgan fingerprint density at radius 3 is 2.62 bits per heavy atom. The molecule has 0 aliphatic rings. The first-order valence-electron chi connectivity index (χ1n) is 7.11. The van der Waals surface area contributed by atoms with Crippen LogP contribution in [0.4, 0.5) is 10.8 Å². The predicted octanol–water partition coefficient (Wildman–Crippen LogP) is 4.64. The largest absolute Gasteiger partial charge is 0.497 e. The molecule has 0 fully saturated rings. The molecule has 124 valence electrons. The summed E-state index contributed by atoms with van der Waals surface area (Å²) in [4.78, 5) is 14.0. The van der Waals surface area contributed by atoms with Crippen LogP contribution < -0.4 is 10.1 Å². The number of benzene rings is 1. The molecular weight excluding hydrogens is 362 g/mol. The van der Waals surface area contributed by atoms with Gasteiger partial charge in [-0.3, -0.25) is 4.79 Å². The van der Waals surface area contributed by atoms with Gasteiger partial charge in [-0.15, -0.1) is 21.5 Å². The van der Waals surface area contributed by atoms with Crippen molar-refractivity contribution < 1.29 is 9.53 Å². The van der Waals surface area contributed by atoms with E-state index in [4.69, 9.17) is 4.74 Å². The molecule has 3 rings (SSSR count). The molecule has 3 aromatic rings. The molecule has 2 aromatic heterocycles. The minimum absolute atomic E-state index is 0.123. The van der Waals surface area contributed by atoms with Gasteiger partial charge in [-0.2, -0.15) is 0 Å². The van der Waals surface area contributed by atoms with Crippen molar-refractivity contribution in [1.29, 1.82) is 0 Å². The molecule has 24 heavy (non-hydrogen) atoms. The molecule has 0 saturated carbocycles. The summed E-state index contributed by atoms with van der Waals surface area (Å²) in [5.74, 6) is 1.30. The maximum atomic E-state index is 12.1. The van der Waals surface area contributed by atoms with Crippen molar-refractivity contribution in [3.8, 4) is 5.75 Å². The Balaban J connectivity index is 1.56. The minimum Gasteiger partial charge on any atom is -0.497 e. The third kappa shape index (κ3) is 4.34. The molecule has 0 unspecified atom stereocenters. The number of ketones is 1. The molecular formula is C16H15N3O2S3. The number of nitrogens with zero attached hydrogens (tertiary/aromatic N) is 2. The molecule has 0 radical (unpaired) electrons. The highest BCUT2D eigenvalue weighted by atomic mass is 32.2. The summed E-state index contributed by atoms with van der Waals surface area (Å²) in [5.41, 5.74) is 0.911. The van der Waals surface area contributed by atoms with E-state index in [0.717, 1.165) is 25.5 Å². The second-order valence-electron chi connectivity index (χ2n) is 4.85. The Morgan fingerprint density at radius 2 is 1.96 bits per heavy atom. The van der Waals surface area contributed by atoms with E-state index in [9.17, 15) is 4.79 Å². The zero-order valence-corrected chi connectivity index (χ0v) is 15.6. The van der Waals surface area contributed by atoms with Gasteiger partial charge in [-0.25, -0.2) is 0 Å². The summed E-state index contributed by atoms with van der Waals surface area (Å²) in [5, 5.41) is 12.1. The van der Waals surface area contributed by atoms with E-state index in [1.54, 1.807) is 7.11 Å². The standard InChI is InChI=1S/C16H15N3O2S3/c1-10-3-8-14(23-10)13(20)9-22-16-19-18-15(24-16)17-11-4-6-12(21-2)7-5-11/h3-8H,9H2,1-2H3,(H,17,18). The normalized spacial score (nSPS) is 10.6. The van der Waals surface area contributed by atoms with Crippen molar-refractivity contribution in [2.24, 2.45) is 0 Å². The second kappa shape index (κ2) is 7.78. The number of anilines is 2. The summed E-state index contributed by atoms with van der Waals surface area (Å²) < 4.78 is 5.90. The van der Waals surface area contributed by atoms with E-state index in [0.29, 0.717) is 10.9 Å². The number of carbonyl (C=O) groups excluding carboxylic acids is 1. The van der Waals surface area contributed by atoms with Gasteiger partial charge >= 0.3 is 0 Å². The van der Waals surface area contributed by atoms with Crippen molar-refractivity contribution in [2.75, 3.05) is 18.2 Å². The number of nitrogens with one attached hydrogen (secondary N) is 1. The lowest BCUT2D eigenvalue weighted by Gasteiger charge is -2.03. The number of thioether (sulfide) groups is 1. The molecule has 0 amide bonds. The van der Waals surface area contributed by atoms with Crippen LogP contribution >= 0.6 is 34.4 Å². The highest BCUT2D eigenvalue weighted by Gasteiger charge is 2.11. The Hall–Kier alpha value is -1.90. The third-order valence-corrected chi connectivity index (χ3v) is 6.10. The minimum atomic E-state index is 0.123. The Kier molecular flexibility index (Phi) is 5.49. The van der Waals surface area contributed by atoms with Gasteiger partial charge in [0.1, 0.15) is 5.75 Å². The van der Waals surface area contributed by atoms with E-state index < -0.39 is 0 Å². The lowest BCUT2D eigenvalue weighted by molar-refractivity contribution is 0.102. The second-order valence-corrected chi connectivity index (χ2v) is 8.34. The molecule has 0 bridgehead atoms. The van der Waals surface area contributed by atoms with Gasteiger partial charge in [0.2, 0.25) is 5.13 Å². The zero-order chi connectivity index (χ0) is 16.9. The SMILES string of the molecule is COc1ccc(Nc2nnc(SCC(=O)c3ccc(C)s3)s2)cc1. The Labute approximate surface area is 152 Å². The first-order chi connectivity index (χ1) is 11.6. The highest BCUT2D eigenvalue weighted by molar-refractivity contribution is 8.01. The van der Waals surface area contributed by atoms with Crippen LogP contribution in [-0.4, -0.2) is 28.8 Å². The molecule has 0 aliphatic heterocycles. The number of aryl methyl sites for hydroxylation is 1. The molecule has 0 atom stereocenters. The van der Waals surface area contributed by atoms with Crippen molar-refractivity contribution >= 4 is 51.0 Å². The summed E-state index contributed by atoms with van der Waals surface area (Å²) in [7, 11) is 1.63. The summed E-state index contributed by atoms with van der Waals surface area (Å²) in [6, 6.07) is 11.4. The fourth-order valence-electron chi connectivity index (χ4n) is 1.90. The monoisotopic (exact) mass is 377 g/mol. The van der Waals surface area contributed by atoms with E-state index in [1.807, 2.05) is 43.3 Å². The van der Waals surface area contributed by atoms with Crippen LogP contribution in [0.3, 0.4) is 0 Å². The number of ether oxygens (including phenoxy) is 1. The van der Waals surface area contributed by atoms with Crippen LogP contribution in [-0.2, 0) is 0 Å². The summed E-state index contributed by atoms with van der Waals surface area (Å²) in [6.07, 6.45) is 0. The average Bonchev–Trinajstić information content (AvgIpc) is 3.22. The van der Waals surface area contributed by atoms with Gasteiger partial charge in [0.25, 0.3) is 0 Å². The molecule has 8 heteroatoms. The molecule has 0 saturated heterocycles.